The molecule has 3 rings (SSSR count). The average Bonchev–Trinajstić information content (AvgIpc) is 3.24. The number of methoxy groups -OCH3 is 1. The fraction of sp³-hybridized carbons (Fsp3) is 0.200. The molecule has 24 heavy (non-hydrogen) atoms. The van der Waals surface area contributed by atoms with E-state index in [1.807, 2.05) is 31.2 Å². The zero-order chi connectivity index (χ0) is 17.1. The lowest BCUT2D eigenvalue weighted by Crippen LogP contribution is -2.26. The minimum Gasteiger partial charge on any atom is -0.497 e. The summed E-state index contributed by atoms with van der Waals surface area (Å²) in [6.45, 7) is 1.82. The van der Waals surface area contributed by atoms with E-state index in [9.17, 15) is 4.79 Å². The average molecular weight is 344 g/mol. The van der Waals surface area contributed by atoms with E-state index in [0.29, 0.717) is 21.5 Å². The van der Waals surface area contributed by atoms with Crippen LogP contribution in [0, 0.1) is 0 Å². The van der Waals surface area contributed by atoms with Gasteiger partial charge in [-0.15, -0.1) is 10.2 Å². The molecule has 4 N–H and O–H groups in total. The van der Waals surface area contributed by atoms with Crippen LogP contribution >= 0.6 is 11.3 Å². The lowest BCUT2D eigenvalue weighted by molar-refractivity contribution is 0.0934. The van der Waals surface area contributed by atoms with Crippen molar-refractivity contribution >= 4 is 22.4 Å². The van der Waals surface area contributed by atoms with E-state index < -0.39 is 0 Å². The highest BCUT2D eigenvalue weighted by Crippen LogP contribution is 2.23. The van der Waals surface area contributed by atoms with E-state index in [2.05, 4.69) is 25.7 Å². The molecule has 9 heteroatoms. The van der Waals surface area contributed by atoms with Crippen LogP contribution in [0.4, 0.5) is 5.13 Å². The van der Waals surface area contributed by atoms with Gasteiger partial charge in [0.2, 0.25) is 5.13 Å². The molecule has 0 aliphatic rings. The van der Waals surface area contributed by atoms with E-state index in [-0.39, 0.29) is 11.9 Å². The number of anilines is 1. The Morgan fingerprint density at radius 3 is 2.92 bits per heavy atom. The van der Waals surface area contributed by atoms with Crippen LogP contribution in [0.5, 0.6) is 5.75 Å². The maximum atomic E-state index is 12.3. The van der Waals surface area contributed by atoms with Gasteiger partial charge in [0.25, 0.3) is 5.91 Å². The van der Waals surface area contributed by atoms with Gasteiger partial charge in [0, 0.05) is 5.56 Å². The normalized spacial score (nSPS) is 11.9. The number of benzene rings is 1. The smallest absolute Gasteiger partial charge is 0.269 e. The number of aromatic nitrogens is 4. The molecule has 0 unspecified atom stereocenters. The molecule has 0 saturated carbocycles. The largest absolute Gasteiger partial charge is 0.497 e. The van der Waals surface area contributed by atoms with E-state index >= 15 is 0 Å². The number of nitrogens with two attached hydrogens (primary N) is 1. The summed E-state index contributed by atoms with van der Waals surface area (Å²) in [4.78, 5) is 12.3. The number of nitrogens with one attached hydrogen (secondary N) is 2. The van der Waals surface area contributed by atoms with Gasteiger partial charge in [-0.25, -0.2) is 0 Å². The molecule has 1 atom stereocenters. The number of H-pyrrole nitrogens is 1. The predicted octanol–water partition coefficient (Wildman–Crippen LogP) is 2.01. The molecule has 0 aliphatic heterocycles. The molecule has 1 aromatic carbocycles. The van der Waals surface area contributed by atoms with Crippen molar-refractivity contribution in [2.75, 3.05) is 12.8 Å². The first-order chi connectivity index (χ1) is 11.6. The first-order valence-corrected chi connectivity index (χ1v) is 7.98. The molecule has 0 radical (unpaired) electrons. The zero-order valence-electron chi connectivity index (χ0n) is 13.1. The number of nitrogen functional groups attached to an aromatic ring is 1. The van der Waals surface area contributed by atoms with Crippen molar-refractivity contribution in [1.29, 1.82) is 0 Å². The first kappa shape index (κ1) is 15.9. The fourth-order valence-corrected chi connectivity index (χ4v) is 2.74. The maximum Gasteiger partial charge on any atom is 0.269 e. The molecular formula is C15H16N6O2S. The Morgan fingerprint density at radius 1 is 1.38 bits per heavy atom. The molecule has 1 amide bonds. The van der Waals surface area contributed by atoms with Crippen molar-refractivity contribution in [3.8, 4) is 17.0 Å². The predicted molar refractivity (Wildman–Crippen MR) is 90.8 cm³/mol. The summed E-state index contributed by atoms with van der Waals surface area (Å²) in [7, 11) is 1.60. The molecule has 124 valence electrons. The van der Waals surface area contributed by atoms with Gasteiger partial charge in [0.1, 0.15) is 16.5 Å². The highest BCUT2D eigenvalue weighted by atomic mass is 32.1. The number of rotatable bonds is 5. The Bertz CT molecular complexity index is 859. The topological polar surface area (TPSA) is 119 Å². The third-order valence-corrected chi connectivity index (χ3v) is 4.30. The van der Waals surface area contributed by atoms with E-state index in [1.54, 1.807) is 13.2 Å². The van der Waals surface area contributed by atoms with Crippen molar-refractivity contribution in [2.45, 2.75) is 13.0 Å². The summed E-state index contributed by atoms with van der Waals surface area (Å²) in [6.07, 6.45) is 0. The Hall–Kier alpha value is -2.94. The van der Waals surface area contributed by atoms with Crippen molar-refractivity contribution in [3.05, 3.63) is 41.0 Å². The Labute approximate surface area is 142 Å². The monoisotopic (exact) mass is 344 g/mol. The molecule has 0 aliphatic carbocycles. The quantitative estimate of drug-likeness (QED) is 0.651. The van der Waals surface area contributed by atoms with Gasteiger partial charge in [-0.2, -0.15) is 5.10 Å². The number of hydrogen-bond donors (Lipinski definition) is 3. The number of aromatic amines is 1. The number of hydrogen-bond acceptors (Lipinski definition) is 7. The summed E-state index contributed by atoms with van der Waals surface area (Å²) in [5.74, 6) is 0.446. The van der Waals surface area contributed by atoms with Gasteiger partial charge < -0.3 is 15.8 Å². The number of nitrogens with zero attached hydrogens (tertiary/aromatic N) is 3. The zero-order valence-corrected chi connectivity index (χ0v) is 13.9. The van der Waals surface area contributed by atoms with E-state index in [1.165, 1.54) is 11.3 Å². The fourth-order valence-electron chi connectivity index (χ4n) is 2.13. The van der Waals surface area contributed by atoms with Crippen molar-refractivity contribution in [2.24, 2.45) is 0 Å². The molecule has 3 aromatic rings. The van der Waals surface area contributed by atoms with Gasteiger partial charge in [0.15, 0.2) is 0 Å². The standard InChI is InChI=1S/C15H16N6O2S/c1-8(14-20-21-15(16)24-14)17-13(22)12-7-11(18-19-12)9-4-3-5-10(6-9)23-2/h3-8H,1-2H3,(H2,16,21)(H,17,22)(H,18,19)/t8-/m1/s1. The third kappa shape index (κ3) is 3.35. The lowest BCUT2D eigenvalue weighted by atomic mass is 10.1. The van der Waals surface area contributed by atoms with Crippen LogP contribution in [0.3, 0.4) is 0 Å². The van der Waals surface area contributed by atoms with Crippen LogP contribution in [0.1, 0.15) is 28.5 Å². The summed E-state index contributed by atoms with van der Waals surface area (Å²) in [5.41, 5.74) is 7.43. The summed E-state index contributed by atoms with van der Waals surface area (Å²) >= 11 is 1.24. The van der Waals surface area contributed by atoms with Crippen LogP contribution in [-0.4, -0.2) is 33.4 Å². The molecule has 2 aromatic heterocycles. The SMILES string of the molecule is COc1cccc(-c2cc(C(=O)N[C@H](C)c3nnc(N)s3)[nH]n2)c1. The molecule has 0 bridgehead atoms. The van der Waals surface area contributed by atoms with Crippen LogP contribution < -0.4 is 15.8 Å². The van der Waals surface area contributed by atoms with Gasteiger partial charge in [-0.1, -0.05) is 23.5 Å². The van der Waals surface area contributed by atoms with Gasteiger partial charge >= 0.3 is 0 Å². The van der Waals surface area contributed by atoms with Crippen molar-refractivity contribution in [3.63, 3.8) is 0 Å². The van der Waals surface area contributed by atoms with Crippen LogP contribution in [0.2, 0.25) is 0 Å². The van der Waals surface area contributed by atoms with Crippen LogP contribution in [0.15, 0.2) is 30.3 Å². The Kier molecular flexibility index (Phi) is 4.43. The number of carbonyl (C=O) groups excluding carboxylic acids is 1. The second kappa shape index (κ2) is 6.67. The lowest BCUT2D eigenvalue weighted by Gasteiger charge is -2.08. The summed E-state index contributed by atoms with van der Waals surface area (Å²) in [5, 5.41) is 18.4. The highest BCUT2D eigenvalue weighted by molar-refractivity contribution is 7.15. The molecule has 2 heterocycles. The minimum absolute atomic E-state index is 0.280. The summed E-state index contributed by atoms with van der Waals surface area (Å²) < 4.78 is 5.20. The molecule has 8 nitrogen and oxygen atoms in total. The van der Waals surface area contributed by atoms with Gasteiger partial charge in [-0.3, -0.25) is 9.89 Å². The number of ether oxygens (including phenoxy) is 1. The summed E-state index contributed by atoms with van der Waals surface area (Å²) in [6, 6.07) is 8.85. The number of carbonyl (C=O) groups is 1. The van der Waals surface area contributed by atoms with E-state index in [0.717, 1.165) is 11.3 Å². The van der Waals surface area contributed by atoms with Crippen LogP contribution in [-0.2, 0) is 0 Å². The second-order valence-corrected chi connectivity index (χ2v) is 6.11. The molecule has 0 fully saturated rings. The van der Waals surface area contributed by atoms with E-state index in [4.69, 9.17) is 10.5 Å². The molecular weight excluding hydrogens is 328 g/mol. The minimum atomic E-state index is -0.295. The van der Waals surface area contributed by atoms with Gasteiger partial charge in [-0.05, 0) is 25.1 Å². The molecule has 0 spiro atoms. The van der Waals surface area contributed by atoms with Crippen molar-refractivity contribution < 1.29 is 9.53 Å². The second-order valence-electron chi connectivity index (χ2n) is 5.07. The first-order valence-electron chi connectivity index (χ1n) is 7.16. The Balaban J connectivity index is 1.73. The highest BCUT2D eigenvalue weighted by Gasteiger charge is 2.17. The molecule has 0 saturated heterocycles. The van der Waals surface area contributed by atoms with Gasteiger partial charge in [0.05, 0.1) is 18.8 Å². The van der Waals surface area contributed by atoms with Crippen molar-refractivity contribution in [1.82, 2.24) is 25.7 Å². The van der Waals surface area contributed by atoms with Crippen LogP contribution in [0.25, 0.3) is 11.3 Å². The maximum absolute atomic E-state index is 12.3. The Morgan fingerprint density at radius 2 is 2.21 bits per heavy atom. The third-order valence-electron chi connectivity index (χ3n) is 3.36. The number of amides is 1.